The predicted octanol–water partition coefficient (Wildman–Crippen LogP) is 4.90. The lowest BCUT2D eigenvalue weighted by atomic mass is 10.1. The average molecular weight is 256 g/mol. The molecule has 0 heterocycles. The first kappa shape index (κ1) is 17.6. The van der Waals surface area contributed by atoms with Gasteiger partial charge in [0.2, 0.25) is 0 Å². The molecule has 1 atom stereocenters. The van der Waals surface area contributed by atoms with Crippen LogP contribution in [0.5, 0.6) is 0 Å². The molecular weight excluding hydrogens is 224 g/mol. The van der Waals surface area contributed by atoms with Gasteiger partial charge in [-0.05, 0) is 12.8 Å². The largest absolute Gasteiger partial charge is 0.371 e. The molecule has 0 saturated carbocycles. The summed E-state index contributed by atoms with van der Waals surface area (Å²) in [5, 5.41) is 0. The maximum Gasteiger partial charge on any atom is 0.148 e. The second kappa shape index (κ2) is 14.7. The highest BCUT2D eigenvalue weighted by molar-refractivity contribution is 5.55. The maximum absolute atomic E-state index is 10.8. The van der Waals surface area contributed by atoms with Crippen LogP contribution >= 0.6 is 0 Å². The summed E-state index contributed by atoms with van der Waals surface area (Å²) >= 11 is 0. The van der Waals surface area contributed by atoms with E-state index in [-0.39, 0.29) is 6.10 Å². The Kier molecular flexibility index (Phi) is 14.4. The van der Waals surface area contributed by atoms with Gasteiger partial charge in [-0.3, -0.25) is 0 Å². The highest BCUT2D eigenvalue weighted by Crippen LogP contribution is 2.11. The van der Waals surface area contributed by atoms with E-state index in [0.717, 1.165) is 38.6 Å². The monoisotopic (exact) mass is 256 g/mol. The zero-order valence-electron chi connectivity index (χ0n) is 12.5. The zero-order chi connectivity index (χ0) is 13.5. The lowest BCUT2D eigenvalue weighted by molar-refractivity contribution is -0.118. The molecule has 0 aromatic rings. The molecule has 0 unspecified atom stereocenters. The highest BCUT2D eigenvalue weighted by atomic mass is 16.5. The summed E-state index contributed by atoms with van der Waals surface area (Å²) in [5.41, 5.74) is 0. The molecule has 0 radical (unpaired) electrons. The summed E-state index contributed by atoms with van der Waals surface area (Å²) in [5.74, 6) is 0. The molecule has 2 heteroatoms. The third-order valence-electron chi connectivity index (χ3n) is 3.32. The second-order valence-corrected chi connectivity index (χ2v) is 5.16. The van der Waals surface area contributed by atoms with Crippen molar-refractivity contribution in [3.63, 3.8) is 0 Å². The molecule has 0 rings (SSSR count). The molecule has 0 aliphatic rings. The van der Waals surface area contributed by atoms with Crippen LogP contribution in [0.15, 0.2) is 0 Å². The fourth-order valence-electron chi connectivity index (χ4n) is 2.05. The molecule has 0 aliphatic carbocycles. The van der Waals surface area contributed by atoms with Crippen molar-refractivity contribution in [2.75, 3.05) is 6.61 Å². The van der Waals surface area contributed by atoms with E-state index in [1.807, 2.05) is 0 Å². The second-order valence-electron chi connectivity index (χ2n) is 5.16. The van der Waals surface area contributed by atoms with Gasteiger partial charge in [-0.2, -0.15) is 0 Å². The number of carbonyl (C=O) groups excluding carboxylic acids is 1. The Morgan fingerprint density at radius 3 is 1.94 bits per heavy atom. The van der Waals surface area contributed by atoms with Crippen LogP contribution < -0.4 is 0 Å². The van der Waals surface area contributed by atoms with Gasteiger partial charge in [-0.1, -0.05) is 71.6 Å². The lowest BCUT2D eigenvalue weighted by Gasteiger charge is -2.11. The van der Waals surface area contributed by atoms with Crippen molar-refractivity contribution in [3.05, 3.63) is 0 Å². The van der Waals surface area contributed by atoms with Crippen molar-refractivity contribution in [1.82, 2.24) is 0 Å². The molecule has 0 bridgehead atoms. The van der Waals surface area contributed by atoms with E-state index in [4.69, 9.17) is 4.74 Å². The Morgan fingerprint density at radius 1 is 0.833 bits per heavy atom. The van der Waals surface area contributed by atoms with Crippen molar-refractivity contribution < 1.29 is 9.53 Å². The summed E-state index contributed by atoms with van der Waals surface area (Å²) in [6.45, 7) is 5.12. The quantitative estimate of drug-likeness (QED) is 0.326. The third-order valence-corrected chi connectivity index (χ3v) is 3.32. The average Bonchev–Trinajstić information content (AvgIpc) is 2.40. The third kappa shape index (κ3) is 12.1. The van der Waals surface area contributed by atoms with Crippen LogP contribution in [0.1, 0.15) is 84.5 Å². The minimum Gasteiger partial charge on any atom is -0.371 e. The van der Waals surface area contributed by atoms with Gasteiger partial charge in [0, 0.05) is 6.61 Å². The van der Waals surface area contributed by atoms with E-state index >= 15 is 0 Å². The smallest absolute Gasteiger partial charge is 0.148 e. The molecule has 0 spiro atoms. The van der Waals surface area contributed by atoms with Crippen molar-refractivity contribution in [2.24, 2.45) is 0 Å². The van der Waals surface area contributed by atoms with E-state index in [2.05, 4.69) is 13.8 Å². The van der Waals surface area contributed by atoms with Gasteiger partial charge >= 0.3 is 0 Å². The van der Waals surface area contributed by atoms with E-state index < -0.39 is 0 Å². The highest BCUT2D eigenvalue weighted by Gasteiger charge is 2.06. The summed E-state index contributed by atoms with van der Waals surface area (Å²) < 4.78 is 5.52. The topological polar surface area (TPSA) is 26.3 Å². The van der Waals surface area contributed by atoms with Crippen LogP contribution in [-0.2, 0) is 9.53 Å². The SMILES string of the molecule is CCCCCCCCCC[C@@H](C=O)OCCCC. The molecule has 0 aliphatic heterocycles. The molecular formula is C16H32O2. The van der Waals surface area contributed by atoms with E-state index in [1.54, 1.807) is 0 Å². The van der Waals surface area contributed by atoms with Gasteiger partial charge in [0.25, 0.3) is 0 Å². The fraction of sp³-hybridized carbons (Fsp3) is 0.938. The Hall–Kier alpha value is -0.370. The first-order chi connectivity index (χ1) is 8.85. The van der Waals surface area contributed by atoms with Crippen LogP contribution in [0.3, 0.4) is 0 Å². The summed E-state index contributed by atoms with van der Waals surface area (Å²) in [6, 6.07) is 0. The van der Waals surface area contributed by atoms with Crippen LogP contribution in [-0.4, -0.2) is 19.0 Å². The predicted molar refractivity (Wildman–Crippen MR) is 77.9 cm³/mol. The number of aldehydes is 1. The van der Waals surface area contributed by atoms with Gasteiger partial charge in [0.05, 0.1) is 0 Å². The molecule has 0 fully saturated rings. The molecule has 0 saturated heterocycles. The summed E-state index contributed by atoms with van der Waals surface area (Å²) in [7, 11) is 0. The number of ether oxygens (including phenoxy) is 1. The molecule has 2 nitrogen and oxygen atoms in total. The molecule has 0 aromatic heterocycles. The van der Waals surface area contributed by atoms with Crippen LogP contribution in [0.25, 0.3) is 0 Å². The van der Waals surface area contributed by atoms with Gasteiger partial charge in [0.15, 0.2) is 0 Å². The van der Waals surface area contributed by atoms with Crippen molar-refractivity contribution in [3.8, 4) is 0 Å². The molecule has 108 valence electrons. The van der Waals surface area contributed by atoms with Gasteiger partial charge in [0.1, 0.15) is 12.4 Å². The lowest BCUT2D eigenvalue weighted by Crippen LogP contribution is -2.15. The van der Waals surface area contributed by atoms with Crippen molar-refractivity contribution in [2.45, 2.75) is 90.6 Å². The Bertz CT molecular complexity index is 168. The maximum atomic E-state index is 10.8. The fourth-order valence-corrected chi connectivity index (χ4v) is 2.05. The molecule has 18 heavy (non-hydrogen) atoms. The number of hydrogen-bond donors (Lipinski definition) is 0. The Labute approximate surface area is 113 Å². The van der Waals surface area contributed by atoms with Gasteiger partial charge < -0.3 is 9.53 Å². The Balaban J connectivity index is 3.26. The van der Waals surface area contributed by atoms with Crippen LogP contribution in [0.4, 0.5) is 0 Å². The standard InChI is InChI=1S/C16H32O2/c1-3-5-7-8-9-10-11-12-13-16(15-17)18-14-6-4-2/h15-16H,3-14H2,1-2H3/t16-/m0/s1. The molecule has 0 amide bonds. The van der Waals surface area contributed by atoms with Crippen molar-refractivity contribution >= 4 is 6.29 Å². The molecule has 0 N–H and O–H groups in total. The van der Waals surface area contributed by atoms with E-state index in [0.29, 0.717) is 0 Å². The normalized spacial score (nSPS) is 12.6. The number of hydrogen-bond acceptors (Lipinski definition) is 2. The number of unbranched alkanes of at least 4 members (excludes halogenated alkanes) is 8. The molecule has 0 aromatic carbocycles. The minimum atomic E-state index is -0.156. The first-order valence-electron chi connectivity index (χ1n) is 7.92. The van der Waals surface area contributed by atoms with Crippen molar-refractivity contribution in [1.29, 1.82) is 0 Å². The first-order valence-corrected chi connectivity index (χ1v) is 7.92. The van der Waals surface area contributed by atoms with E-state index in [9.17, 15) is 4.79 Å². The number of carbonyl (C=O) groups is 1. The zero-order valence-corrected chi connectivity index (χ0v) is 12.5. The summed E-state index contributed by atoms with van der Waals surface area (Å²) in [6.07, 6.45) is 14.4. The summed E-state index contributed by atoms with van der Waals surface area (Å²) in [4.78, 5) is 10.8. The van der Waals surface area contributed by atoms with Gasteiger partial charge in [-0.15, -0.1) is 0 Å². The van der Waals surface area contributed by atoms with Gasteiger partial charge in [-0.25, -0.2) is 0 Å². The Morgan fingerprint density at radius 2 is 1.39 bits per heavy atom. The van der Waals surface area contributed by atoms with Crippen LogP contribution in [0, 0.1) is 0 Å². The minimum absolute atomic E-state index is 0.156. The number of rotatable bonds is 14. The van der Waals surface area contributed by atoms with Crippen LogP contribution in [0.2, 0.25) is 0 Å². The van der Waals surface area contributed by atoms with E-state index in [1.165, 1.54) is 44.9 Å².